The number of carbonyl (C=O) groups is 1. The fraction of sp³-hybridized carbons (Fsp3) is 0.0870. The van der Waals surface area contributed by atoms with Crippen LogP contribution in [0.4, 0.5) is 4.79 Å². The fourth-order valence-corrected chi connectivity index (χ4v) is 8.16. The second kappa shape index (κ2) is 10.8. The smallest absolute Gasteiger partial charge is 0.323 e. The lowest BCUT2D eigenvalue weighted by atomic mass is 10.4. The lowest BCUT2D eigenvalue weighted by molar-refractivity contribution is -0.00000881. The van der Waals surface area contributed by atoms with E-state index in [2.05, 4.69) is 41.7 Å². The molecule has 3 nitrogen and oxygen atoms in total. The van der Waals surface area contributed by atoms with Crippen LogP contribution in [0.5, 0.6) is 0 Å². The lowest BCUT2D eigenvalue weighted by Gasteiger charge is -2.30. The molecule has 3 aromatic carbocycles. The van der Waals surface area contributed by atoms with Crippen LogP contribution in [0, 0.1) is 0 Å². The third kappa shape index (κ3) is 4.82. The molecule has 0 unspecified atom stereocenters. The van der Waals surface area contributed by atoms with Gasteiger partial charge in [0.2, 0.25) is 5.44 Å². The van der Waals surface area contributed by atoms with E-state index >= 15 is 0 Å². The van der Waals surface area contributed by atoms with Crippen LogP contribution in [0.2, 0.25) is 0 Å². The summed E-state index contributed by atoms with van der Waals surface area (Å²) in [7, 11) is 0.811. The summed E-state index contributed by atoms with van der Waals surface area (Å²) < 4.78 is 0.0464. The topological polar surface area (TPSA) is 32.3 Å². The Bertz CT molecular complexity index is 896. The summed E-state index contributed by atoms with van der Waals surface area (Å²) in [5.41, 5.74) is 0.517. The predicted molar refractivity (Wildman–Crippen MR) is 126 cm³/mol. The van der Waals surface area contributed by atoms with Gasteiger partial charge in [0.25, 0.3) is 0 Å². The molecule has 7 heteroatoms. The Morgan fingerprint density at radius 2 is 1.07 bits per heavy atom. The number of urea groups is 1. The molecule has 3 rings (SSSR count). The van der Waals surface area contributed by atoms with E-state index in [4.69, 9.17) is 23.2 Å². The van der Waals surface area contributed by atoms with Gasteiger partial charge in [-0.2, -0.15) is 0 Å². The minimum atomic E-state index is -2.56. The molecule has 0 bridgehead atoms. The Balaban J connectivity index is 0.00000320. The van der Waals surface area contributed by atoms with Gasteiger partial charge in [-0.3, -0.25) is 5.32 Å². The number of hydrogen-bond acceptors (Lipinski definition) is 1. The van der Waals surface area contributed by atoms with Crippen LogP contribution in [-0.4, -0.2) is 25.0 Å². The number of rotatable bonds is 5. The van der Waals surface area contributed by atoms with Crippen molar-refractivity contribution in [3.8, 4) is 0 Å². The first-order chi connectivity index (χ1) is 14.0. The number of amides is 2. The summed E-state index contributed by atoms with van der Waals surface area (Å²) in [5.74, 6) is 0. The highest BCUT2D eigenvalue weighted by molar-refractivity contribution is 7.99. The second-order valence-corrected chi connectivity index (χ2v) is 10.9. The van der Waals surface area contributed by atoms with Crippen LogP contribution in [0.1, 0.15) is 0 Å². The Morgan fingerprint density at radius 3 is 1.33 bits per heavy atom. The zero-order chi connectivity index (χ0) is 20.9. The van der Waals surface area contributed by atoms with E-state index in [1.165, 1.54) is 4.90 Å². The van der Waals surface area contributed by atoms with Crippen molar-refractivity contribution in [1.82, 2.24) is 10.2 Å². The largest absolute Gasteiger partial charge is 1.00 e. The standard InChI is InChI=1S/C23H21Cl2N2OP.ClH/c1-27(2)23(28)26-22(21(24)25)29(18-12-6-3-7-13-18,19-14-8-4-9-15-19)20-16-10-5-11-17-20;/h3-17H,1-2H3;1H. The summed E-state index contributed by atoms with van der Waals surface area (Å²) >= 11 is 12.9. The van der Waals surface area contributed by atoms with E-state index in [9.17, 15) is 4.79 Å². The fourth-order valence-electron chi connectivity index (χ4n) is 3.26. The molecule has 1 N–H and O–H groups in total. The number of halogens is 3. The zero-order valence-corrected chi connectivity index (χ0v) is 19.8. The minimum Gasteiger partial charge on any atom is -1.00 e. The van der Waals surface area contributed by atoms with Gasteiger partial charge in [0.05, 0.1) is 0 Å². The SMILES string of the molecule is CN(C)C(=O)NC(=C(Cl)Cl)[P+](c1ccccc1)(c1ccccc1)c1ccccc1.[Cl-]. The van der Waals surface area contributed by atoms with E-state index < -0.39 is 7.26 Å². The molecule has 0 aliphatic rings. The van der Waals surface area contributed by atoms with Gasteiger partial charge in [-0.15, -0.1) is 0 Å². The first kappa shape index (κ1) is 24.2. The summed E-state index contributed by atoms with van der Waals surface area (Å²) in [6.45, 7) is 0. The maximum absolute atomic E-state index is 12.7. The Morgan fingerprint density at radius 1 is 0.733 bits per heavy atom. The normalized spacial score (nSPS) is 10.5. The number of nitrogens with one attached hydrogen (secondary N) is 1. The Hall–Kier alpha value is -2.03. The summed E-state index contributed by atoms with van der Waals surface area (Å²) in [6, 6.07) is 29.9. The quantitative estimate of drug-likeness (QED) is 0.557. The minimum absolute atomic E-state index is 0. The molecule has 0 fully saturated rings. The van der Waals surface area contributed by atoms with Gasteiger partial charge >= 0.3 is 6.03 Å². The monoisotopic (exact) mass is 478 g/mol. The van der Waals surface area contributed by atoms with Crippen molar-refractivity contribution in [3.05, 3.63) is 101 Å². The maximum atomic E-state index is 12.7. The second-order valence-electron chi connectivity index (χ2n) is 6.61. The third-order valence-electron chi connectivity index (χ3n) is 4.58. The van der Waals surface area contributed by atoms with Crippen LogP contribution in [0.3, 0.4) is 0 Å². The molecular weight excluding hydrogens is 458 g/mol. The van der Waals surface area contributed by atoms with Gasteiger partial charge in [-0.1, -0.05) is 77.8 Å². The molecule has 0 saturated heterocycles. The van der Waals surface area contributed by atoms with E-state index in [0.29, 0.717) is 5.44 Å². The molecule has 0 radical (unpaired) electrons. The first-order valence-corrected chi connectivity index (χ1v) is 11.6. The van der Waals surface area contributed by atoms with Crippen LogP contribution < -0.4 is 33.6 Å². The molecule has 0 heterocycles. The van der Waals surface area contributed by atoms with Crippen LogP contribution >= 0.6 is 30.5 Å². The molecule has 3 aromatic rings. The van der Waals surface area contributed by atoms with Gasteiger partial charge in [-0.25, -0.2) is 4.79 Å². The van der Waals surface area contributed by atoms with Crippen LogP contribution in [0.15, 0.2) is 101 Å². The Labute approximate surface area is 194 Å². The maximum Gasteiger partial charge on any atom is 0.323 e. The van der Waals surface area contributed by atoms with Crippen molar-refractivity contribution in [3.63, 3.8) is 0 Å². The molecule has 30 heavy (non-hydrogen) atoms. The highest BCUT2D eigenvalue weighted by atomic mass is 35.5. The summed E-state index contributed by atoms with van der Waals surface area (Å²) in [5, 5.41) is 6.14. The molecular formula is C23H22Cl3N2OP. The molecule has 0 aliphatic carbocycles. The molecule has 0 atom stereocenters. The first-order valence-electron chi connectivity index (χ1n) is 9.08. The average Bonchev–Trinajstić information content (AvgIpc) is 2.75. The summed E-state index contributed by atoms with van der Waals surface area (Å²) in [6.07, 6.45) is 0. The van der Waals surface area contributed by atoms with E-state index in [1.807, 2.05) is 54.6 Å². The number of hydrogen-bond donors (Lipinski definition) is 1. The van der Waals surface area contributed by atoms with Crippen molar-refractivity contribution < 1.29 is 17.2 Å². The average molecular weight is 480 g/mol. The predicted octanol–water partition coefficient (Wildman–Crippen LogP) is 1.86. The van der Waals surface area contributed by atoms with Crippen molar-refractivity contribution in [2.75, 3.05) is 14.1 Å². The van der Waals surface area contributed by atoms with Gasteiger partial charge in [0.1, 0.15) is 15.9 Å². The van der Waals surface area contributed by atoms with E-state index in [1.54, 1.807) is 14.1 Å². The molecule has 156 valence electrons. The zero-order valence-electron chi connectivity index (χ0n) is 16.6. The van der Waals surface area contributed by atoms with Crippen molar-refractivity contribution in [2.45, 2.75) is 0 Å². The molecule has 0 aromatic heterocycles. The number of benzene rings is 3. The number of nitrogens with zero attached hydrogens (tertiary/aromatic N) is 1. The Kier molecular flexibility index (Phi) is 8.76. The third-order valence-corrected chi connectivity index (χ3v) is 9.44. The van der Waals surface area contributed by atoms with Gasteiger partial charge in [0.15, 0.2) is 11.8 Å². The summed E-state index contributed by atoms with van der Waals surface area (Å²) in [4.78, 5) is 14.1. The van der Waals surface area contributed by atoms with Crippen molar-refractivity contribution >= 4 is 52.4 Å². The molecule has 2 amide bonds. The van der Waals surface area contributed by atoms with Gasteiger partial charge < -0.3 is 17.3 Å². The van der Waals surface area contributed by atoms with E-state index in [-0.39, 0.29) is 22.9 Å². The molecule has 0 aliphatic heterocycles. The van der Waals surface area contributed by atoms with Crippen molar-refractivity contribution in [2.24, 2.45) is 0 Å². The molecule has 0 spiro atoms. The van der Waals surface area contributed by atoms with Crippen LogP contribution in [-0.2, 0) is 0 Å². The highest BCUT2D eigenvalue weighted by Crippen LogP contribution is 2.62. The van der Waals surface area contributed by atoms with Gasteiger partial charge in [-0.05, 0) is 36.4 Å². The molecule has 0 saturated carbocycles. The number of carbonyl (C=O) groups excluding carboxylic acids is 1. The van der Waals surface area contributed by atoms with Crippen molar-refractivity contribution in [1.29, 1.82) is 0 Å². The highest BCUT2D eigenvalue weighted by Gasteiger charge is 2.52. The van der Waals surface area contributed by atoms with E-state index in [0.717, 1.165) is 15.9 Å². The van der Waals surface area contributed by atoms with Gasteiger partial charge in [0, 0.05) is 14.1 Å². The lowest BCUT2D eigenvalue weighted by Crippen LogP contribution is -3.00. The van der Waals surface area contributed by atoms with Crippen LogP contribution in [0.25, 0.3) is 0 Å².